The number of rotatable bonds is 4. The number of hydrogen-bond donors (Lipinski definition) is 3. The van der Waals surface area contributed by atoms with E-state index in [1.165, 1.54) is 0 Å². The number of aliphatic hydroxyl groups excluding tert-OH is 3. The fourth-order valence-electron chi connectivity index (χ4n) is 0.693. The third kappa shape index (κ3) is 2.95. The highest BCUT2D eigenvalue weighted by Gasteiger charge is 2.35. The average Bonchev–Trinajstić information content (AvgIpc) is 2.23. The number of ether oxygens (including phenoxy) is 2. The van der Waals surface area contributed by atoms with Crippen LogP contribution in [0.3, 0.4) is 0 Å². The average molecular weight is 208 g/mol. The summed E-state index contributed by atoms with van der Waals surface area (Å²) in [4.78, 5) is 21.3. The number of hydrogen-bond acceptors (Lipinski definition) is 7. The number of methoxy groups -OCH3 is 2. The van der Waals surface area contributed by atoms with Gasteiger partial charge in [-0.25, -0.2) is 9.59 Å². The Hall–Kier alpha value is -1.18. The molecule has 1 unspecified atom stereocenters. The van der Waals surface area contributed by atoms with Crippen molar-refractivity contribution in [3.05, 3.63) is 0 Å². The lowest BCUT2D eigenvalue weighted by molar-refractivity contribution is -0.171. The summed E-state index contributed by atoms with van der Waals surface area (Å²) < 4.78 is 8.17. The molecule has 82 valence electrons. The van der Waals surface area contributed by atoms with Crippen LogP contribution < -0.4 is 0 Å². The second-order valence-corrected chi connectivity index (χ2v) is 2.43. The van der Waals surface area contributed by atoms with Crippen molar-refractivity contribution in [3.63, 3.8) is 0 Å². The molecule has 0 bridgehead atoms. The molecule has 0 spiro atoms. The Morgan fingerprint density at radius 2 is 1.21 bits per heavy atom. The van der Waals surface area contributed by atoms with Crippen LogP contribution in [0.25, 0.3) is 0 Å². The van der Waals surface area contributed by atoms with Gasteiger partial charge in [0.05, 0.1) is 14.2 Å². The van der Waals surface area contributed by atoms with Crippen molar-refractivity contribution in [1.29, 1.82) is 0 Å². The Balaban J connectivity index is 4.37. The molecule has 0 aromatic rings. The van der Waals surface area contributed by atoms with E-state index in [2.05, 4.69) is 9.47 Å². The van der Waals surface area contributed by atoms with Crippen molar-refractivity contribution in [1.82, 2.24) is 0 Å². The first-order valence-electron chi connectivity index (χ1n) is 3.65. The molecule has 0 fully saturated rings. The highest BCUT2D eigenvalue weighted by atomic mass is 16.5. The fraction of sp³-hybridized carbons (Fsp3) is 0.714. The summed E-state index contributed by atoms with van der Waals surface area (Å²) in [7, 11) is 1.98. The summed E-state index contributed by atoms with van der Waals surface area (Å²) >= 11 is 0. The minimum Gasteiger partial charge on any atom is -0.467 e. The molecule has 0 aromatic carbocycles. The molecular weight excluding hydrogens is 196 g/mol. The van der Waals surface area contributed by atoms with Gasteiger partial charge in [-0.2, -0.15) is 0 Å². The zero-order valence-corrected chi connectivity index (χ0v) is 7.71. The predicted molar refractivity (Wildman–Crippen MR) is 42.1 cm³/mol. The van der Waals surface area contributed by atoms with Crippen LogP contribution in [0.5, 0.6) is 0 Å². The number of esters is 2. The molecule has 0 rings (SSSR count). The van der Waals surface area contributed by atoms with E-state index in [0.29, 0.717) is 0 Å². The molecule has 3 N–H and O–H groups in total. The van der Waals surface area contributed by atoms with Crippen LogP contribution >= 0.6 is 0 Å². The van der Waals surface area contributed by atoms with Crippen molar-refractivity contribution in [2.24, 2.45) is 0 Å². The standard InChI is InChI=1S/C7H12O7/c1-13-6(11)4(9)3(8)5(10)7(12)14-2/h3-5,8-10H,1-2H3/t3?,4-,5+. The number of aliphatic hydroxyl groups is 3. The molecule has 3 atom stereocenters. The lowest BCUT2D eigenvalue weighted by Crippen LogP contribution is -2.46. The van der Waals surface area contributed by atoms with Gasteiger partial charge >= 0.3 is 11.9 Å². The van der Waals surface area contributed by atoms with Gasteiger partial charge in [0.2, 0.25) is 0 Å². The van der Waals surface area contributed by atoms with Gasteiger partial charge in [0.25, 0.3) is 0 Å². The van der Waals surface area contributed by atoms with Crippen molar-refractivity contribution in [2.45, 2.75) is 18.3 Å². The van der Waals surface area contributed by atoms with E-state index in [-0.39, 0.29) is 0 Å². The lowest BCUT2D eigenvalue weighted by atomic mass is 10.1. The van der Waals surface area contributed by atoms with Crippen LogP contribution in [-0.2, 0) is 19.1 Å². The van der Waals surface area contributed by atoms with Gasteiger partial charge in [0.15, 0.2) is 12.2 Å². The minimum absolute atomic E-state index is 0.989. The molecule has 7 heteroatoms. The van der Waals surface area contributed by atoms with Crippen LogP contribution in [0.2, 0.25) is 0 Å². The van der Waals surface area contributed by atoms with Gasteiger partial charge < -0.3 is 24.8 Å². The van der Waals surface area contributed by atoms with Crippen LogP contribution in [0.1, 0.15) is 0 Å². The summed E-state index contributed by atoms with van der Waals surface area (Å²) in [5, 5.41) is 27.1. The maximum Gasteiger partial charge on any atom is 0.337 e. The molecule has 0 saturated heterocycles. The van der Waals surface area contributed by atoms with Crippen LogP contribution in [0.15, 0.2) is 0 Å². The molecule has 0 saturated carbocycles. The highest BCUT2D eigenvalue weighted by molar-refractivity contribution is 5.79. The summed E-state index contributed by atoms with van der Waals surface area (Å²) in [6.07, 6.45) is -5.96. The molecular formula is C7H12O7. The molecule has 0 aliphatic carbocycles. The van der Waals surface area contributed by atoms with Gasteiger partial charge in [-0.3, -0.25) is 0 Å². The maximum absolute atomic E-state index is 10.7. The Labute approximate surface area is 79.9 Å². The van der Waals surface area contributed by atoms with E-state index in [4.69, 9.17) is 15.3 Å². The quantitative estimate of drug-likeness (QED) is 0.434. The summed E-state index contributed by atoms with van der Waals surface area (Å²) in [5.74, 6) is -2.30. The first kappa shape index (κ1) is 12.8. The monoisotopic (exact) mass is 208 g/mol. The van der Waals surface area contributed by atoms with E-state index in [0.717, 1.165) is 14.2 Å². The summed E-state index contributed by atoms with van der Waals surface area (Å²) in [6, 6.07) is 0. The Kier molecular flexibility index (Phi) is 5.06. The Morgan fingerprint density at radius 3 is 1.43 bits per heavy atom. The topological polar surface area (TPSA) is 113 Å². The zero-order chi connectivity index (χ0) is 11.3. The zero-order valence-electron chi connectivity index (χ0n) is 7.71. The van der Waals surface area contributed by atoms with E-state index in [1.807, 2.05) is 0 Å². The summed E-state index contributed by atoms with van der Waals surface area (Å²) in [6.45, 7) is 0. The molecule has 0 radical (unpaired) electrons. The van der Waals surface area contributed by atoms with Crippen LogP contribution in [0, 0.1) is 0 Å². The first-order chi connectivity index (χ1) is 6.45. The van der Waals surface area contributed by atoms with E-state index >= 15 is 0 Å². The lowest BCUT2D eigenvalue weighted by Gasteiger charge is -2.18. The molecule has 0 heterocycles. The third-order valence-electron chi connectivity index (χ3n) is 1.53. The van der Waals surface area contributed by atoms with Crippen LogP contribution in [-0.4, -0.2) is 59.8 Å². The number of carbonyl (C=O) groups is 2. The normalized spacial score (nSPS) is 16.6. The van der Waals surface area contributed by atoms with Gasteiger partial charge in [0, 0.05) is 0 Å². The van der Waals surface area contributed by atoms with Crippen molar-refractivity contribution in [2.75, 3.05) is 14.2 Å². The predicted octanol–water partition coefficient (Wildman–Crippen LogP) is -2.58. The molecule has 0 amide bonds. The second kappa shape index (κ2) is 5.53. The fourth-order valence-corrected chi connectivity index (χ4v) is 0.693. The SMILES string of the molecule is COC(=O)[C@@H](O)C(O)[C@@H](O)C(=O)OC. The molecule has 14 heavy (non-hydrogen) atoms. The molecule has 0 aromatic heterocycles. The van der Waals surface area contributed by atoms with E-state index < -0.39 is 30.3 Å². The second-order valence-electron chi connectivity index (χ2n) is 2.43. The van der Waals surface area contributed by atoms with Gasteiger partial charge in [-0.15, -0.1) is 0 Å². The first-order valence-corrected chi connectivity index (χ1v) is 3.65. The largest absolute Gasteiger partial charge is 0.467 e. The van der Waals surface area contributed by atoms with Gasteiger partial charge in [-0.1, -0.05) is 0 Å². The maximum atomic E-state index is 10.7. The van der Waals surface area contributed by atoms with E-state index in [9.17, 15) is 9.59 Å². The number of carbonyl (C=O) groups excluding carboxylic acids is 2. The van der Waals surface area contributed by atoms with Crippen molar-refractivity contribution < 1.29 is 34.4 Å². The smallest absolute Gasteiger partial charge is 0.337 e. The Morgan fingerprint density at radius 1 is 0.929 bits per heavy atom. The molecule has 0 aliphatic rings. The molecule has 0 aliphatic heterocycles. The van der Waals surface area contributed by atoms with Crippen molar-refractivity contribution >= 4 is 11.9 Å². The van der Waals surface area contributed by atoms with Gasteiger partial charge in [-0.05, 0) is 0 Å². The van der Waals surface area contributed by atoms with E-state index in [1.54, 1.807) is 0 Å². The summed E-state index contributed by atoms with van der Waals surface area (Å²) in [5.41, 5.74) is 0. The van der Waals surface area contributed by atoms with Gasteiger partial charge in [0.1, 0.15) is 6.10 Å². The highest BCUT2D eigenvalue weighted by Crippen LogP contribution is 2.03. The van der Waals surface area contributed by atoms with Crippen LogP contribution in [0.4, 0.5) is 0 Å². The molecule has 7 nitrogen and oxygen atoms in total. The third-order valence-corrected chi connectivity index (χ3v) is 1.53. The van der Waals surface area contributed by atoms with Crippen molar-refractivity contribution in [3.8, 4) is 0 Å². The Bertz CT molecular complexity index is 192. The minimum atomic E-state index is -1.99.